The molecule has 0 unspecified atom stereocenters. The van der Waals surface area contributed by atoms with E-state index in [1.54, 1.807) is 0 Å². The molecule has 13 heteroatoms. The molecule has 0 atom stereocenters. The smallest absolute Gasteiger partial charge is 0.353 e. The average Bonchev–Trinajstić information content (AvgIpc) is 2.87. The minimum Gasteiger partial charge on any atom is -0.353 e. The fourth-order valence-electron chi connectivity index (χ4n) is 5.27. The summed E-state index contributed by atoms with van der Waals surface area (Å²) in [6, 6.07) is 4.97. The molecular formula is C26H30F6N6O. The molecule has 0 spiro atoms. The number of benzene rings is 1. The second kappa shape index (κ2) is 10.9. The first kappa shape index (κ1) is 27.6. The number of nitrogens with zero attached hydrogens (tertiary/aromatic N) is 6. The highest BCUT2D eigenvalue weighted by Crippen LogP contribution is 2.38. The second-order valence-electron chi connectivity index (χ2n) is 10.3. The SMILES string of the molecule is O=C(CN1CCN(c2ccc(-c3cc(C(F)(F)F)cc(C(F)(F)F)c3)nn2)CC1)N1CCN(C2CCC2)CC1. The van der Waals surface area contributed by atoms with Gasteiger partial charge >= 0.3 is 12.4 Å². The van der Waals surface area contributed by atoms with Crippen molar-refractivity contribution in [3.05, 3.63) is 41.5 Å². The number of halogens is 6. The van der Waals surface area contributed by atoms with Crippen molar-refractivity contribution in [1.29, 1.82) is 0 Å². The second-order valence-corrected chi connectivity index (χ2v) is 10.3. The summed E-state index contributed by atoms with van der Waals surface area (Å²) >= 11 is 0. The van der Waals surface area contributed by atoms with Crippen molar-refractivity contribution in [2.45, 2.75) is 37.7 Å². The van der Waals surface area contributed by atoms with E-state index in [9.17, 15) is 31.1 Å². The van der Waals surface area contributed by atoms with Crippen LogP contribution in [-0.4, -0.2) is 95.7 Å². The summed E-state index contributed by atoms with van der Waals surface area (Å²) in [5, 5.41) is 7.99. The summed E-state index contributed by atoms with van der Waals surface area (Å²) in [5.41, 5.74) is -3.20. The number of amides is 1. The van der Waals surface area contributed by atoms with Crippen molar-refractivity contribution in [2.24, 2.45) is 0 Å². The number of hydrogen-bond acceptors (Lipinski definition) is 6. The van der Waals surface area contributed by atoms with Crippen LogP contribution in [-0.2, 0) is 17.1 Å². The third-order valence-electron chi connectivity index (χ3n) is 7.85. The van der Waals surface area contributed by atoms with Crippen LogP contribution in [0.3, 0.4) is 0 Å². The highest BCUT2D eigenvalue weighted by atomic mass is 19.4. The van der Waals surface area contributed by atoms with Gasteiger partial charge < -0.3 is 9.80 Å². The molecule has 2 aliphatic heterocycles. The molecule has 1 aromatic heterocycles. The molecule has 3 fully saturated rings. The van der Waals surface area contributed by atoms with Crippen molar-refractivity contribution in [3.63, 3.8) is 0 Å². The molecule has 212 valence electrons. The fourth-order valence-corrected chi connectivity index (χ4v) is 5.27. The number of rotatable bonds is 5. The van der Waals surface area contributed by atoms with E-state index >= 15 is 0 Å². The first-order valence-electron chi connectivity index (χ1n) is 13.1. The number of piperazine rings is 2. The van der Waals surface area contributed by atoms with Gasteiger partial charge in [-0.3, -0.25) is 14.6 Å². The van der Waals surface area contributed by atoms with Crippen molar-refractivity contribution in [3.8, 4) is 11.3 Å². The molecule has 0 radical (unpaired) electrons. The van der Waals surface area contributed by atoms with E-state index in [1.165, 1.54) is 31.4 Å². The van der Waals surface area contributed by atoms with E-state index in [-0.39, 0.29) is 23.2 Å². The Hall–Kier alpha value is -2.93. The number of carbonyl (C=O) groups is 1. The Morgan fingerprint density at radius 3 is 1.90 bits per heavy atom. The molecule has 0 N–H and O–H groups in total. The van der Waals surface area contributed by atoms with Gasteiger partial charge in [0.15, 0.2) is 5.82 Å². The van der Waals surface area contributed by atoms with Gasteiger partial charge in [-0.2, -0.15) is 26.3 Å². The lowest BCUT2D eigenvalue weighted by Crippen LogP contribution is -2.56. The topological polar surface area (TPSA) is 55.8 Å². The van der Waals surface area contributed by atoms with Crippen LogP contribution in [0.5, 0.6) is 0 Å². The summed E-state index contributed by atoms with van der Waals surface area (Å²) in [6.45, 7) is 6.10. The van der Waals surface area contributed by atoms with Gasteiger partial charge in [-0.05, 0) is 43.2 Å². The summed E-state index contributed by atoms with van der Waals surface area (Å²) in [4.78, 5) is 21.2. The molecule has 1 saturated carbocycles. The molecule has 3 aliphatic rings. The van der Waals surface area contributed by atoms with E-state index in [4.69, 9.17) is 0 Å². The maximum Gasteiger partial charge on any atom is 0.416 e. The largest absolute Gasteiger partial charge is 0.416 e. The Balaban J connectivity index is 1.16. The van der Waals surface area contributed by atoms with Crippen molar-refractivity contribution in [2.75, 3.05) is 63.8 Å². The summed E-state index contributed by atoms with van der Waals surface area (Å²) in [5.74, 6) is 0.597. The van der Waals surface area contributed by atoms with Crippen LogP contribution in [0, 0.1) is 0 Å². The van der Waals surface area contributed by atoms with Gasteiger partial charge in [-0.1, -0.05) is 6.42 Å². The fraction of sp³-hybridized carbons (Fsp3) is 0.577. The van der Waals surface area contributed by atoms with E-state index in [1.807, 2.05) is 9.80 Å². The van der Waals surface area contributed by atoms with Gasteiger partial charge in [0.25, 0.3) is 0 Å². The number of alkyl halides is 6. The van der Waals surface area contributed by atoms with Gasteiger partial charge in [0.2, 0.25) is 5.91 Å². The molecule has 3 heterocycles. The molecule has 1 aliphatic carbocycles. The van der Waals surface area contributed by atoms with Crippen LogP contribution < -0.4 is 4.90 Å². The predicted molar refractivity (Wildman–Crippen MR) is 132 cm³/mol. The molecule has 39 heavy (non-hydrogen) atoms. The molecule has 1 amide bonds. The van der Waals surface area contributed by atoms with Crippen molar-refractivity contribution in [1.82, 2.24) is 24.9 Å². The van der Waals surface area contributed by atoms with Crippen LogP contribution in [0.15, 0.2) is 30.3 Å². The van der Waals surface area contributed by atoms with Crippen LogP contribution in [0.25, 0.3) is 11.3 Å². The zero-order valence-corrected chi connectivity index (χ0v) is 21.3. The van der Waals surface area contributed by atoms with Gasteiger partial charge in [-0.25, -0.2) is 0 Å². The quantitative estimate of drug-likeness (QED) is 0.520. The standard InChI is InChI=1S/C26H30F6N6O/c27-25(28,29)19-14-18(15-20(16-19)26(30,31)32)22-4-5-23(34-33-22)37-8-6-35(7-9-37)17-24(39)38-12-10-36(11-13-38)21-2-1-3-21/h4-5,14-16,21H,1-3,6-13,17H2. The summed E-state index contributed by atoms with van der Waals surface area (Å²) < 4.78 is 79.2. The summed E-state index contributed by atoms with van der Waals surface area (Å²) in [6.07, 6.45) is -6.06. The molecular weight excluding hydrogens is 526 g/mol. The average molecular weight is 557 g/mol. The Bertz CT molecular complexity index is 1120. The lowest BCUT2D eigenvalue weighted by atomic mass is 9.91. The molecule has 2 aromatic rings. The normalized spacial score (nSPS) is 20.3. The van der Waals surface area contributed by atoms with Crippen molar-refractivity contribution < 1.29 is 31.1 Å². The Morgan fingerprint density at radius 2 is 1.41 bits per heavy atom. The first-order valence-corrected chi connectivity index (χ1v) is 13.1. The number of carbonyl (C=O) groups excluding carboxylic acids is 1. The van der Waals surface area contributed by atoms with Crippen LogP contribution in [0.2, 0.25) is 0 Å². The Kier molecular flexibility index (Phi) is 7.73. The predicted octanol–water partition coefficient (Wildman–Crippen LogP) is 4.00. The molecule has 1 aromatic carbocycles. The Labute approximate surface area is 222 Å². The van der Waals surface area contributed by atoms with E-state index < -0.39 is 23.5 Å². The van der Waals surface area contributed by atoms with E-state index in [2.05, 4.69) is 20.0 Å². The number of anilines is 1. The van der Waals surface area contributed by atoms with Gasteiger partial charge in [0.1, 0.15) is 0 Å². The van der Waals surface area contributed by atoms with Gasteiger partial charge in [0.05, 0.1) is 23.4 Å². The third kappa shape index (κ3) is 6.46. The van der Waals surface area contributed by atoms with Crippen LogP contribution >= 0.6 is 0 Å². The van der Waals surface area contributed by atoms with Gasteiger partial charge in [0, 0.05) is 64.0 Å². The Morgan fingerprint density at radius 1 is 0.795 bits per heavy atom. The van der Waals surface area contributed by atoms with Crippen LogP contribution in [0.4, 0.5) is 32.2 Å². The maximum atomic E-state index is 13.2. The molecule has 7 nitrogen and oxygen atoms in total. The lowest BCUT2D eigenvalue weighted by molar-refractivity contribution is -0.143. The zero-order valence-electron chi connectivity index (χ0n) is 21.3. The molecule has 2 saturated heterocycles. The monoisotopic (exact) mass is 556 g/mol. The van der Waals surface area contributed by atoms with Crippen LogP contribution in [0.1, 0.15) is 30.4 Å². The first-order chi connectivity index (χ1) is 18.5. The molecule has 5 rings (SSSR count). The minimum atomic E-state index is -4.94. The third-order valence-corrected chi connectivity index (χ3v) is 7.85. The number of aromatic nitrogens is 2. The maximum absolute atomic E-state index is 13.2. The zero-order chi connectivity index (χ0) is 27.8. The minimum absolute atomic E-state index is 0.0861. The van der Waals surface area contributed by atoms with E-state index in [0.29, 0.717) is 56.7 Å². The molecule has 0 bridgehead atoms. The highest BCUT2D eigenvalue weighted by molar-refractivity contribution is 5.78. The highest BCUT2D eigenvalue weighted by Gasteiger charge is 2.37. The van der Waals surface area contributed by atoms with Gasteiger partial charge in [-0.15, -0.1) is 10.2 Å². The van der Waals surface area contributed by atoms with E-state index in [0.717, 1.165) is 26.2 Å². The summed E-state index contributed by atoms with van der Waals surface area (Å²) in [7, 11) is 0. The lowest BCUT2D eigenvalue weighted by Gasteiger charge is -2.43. The van der Waals surface area contributed by atoms with Crippen molar-refractivity contribution >= 4 is 11.7 Å². The number of hydrogen-bond donors (Lipinski definition) is 0.